The van der Waals surface area contributed by atoms with Crippen LogP contribution >= 0.6 is 11.3 Å². The van der Waals surface area contributed by atoms with E-state index >= 15 is 0 Å². The summed E-state index contributed by atoms with van der Waals surface area (Å²) in [7, 11) is 4.49. The summed E-state index contributed by atoms with van der Waals surface area (Å²) in [5, 5.41) is 3.12. The highest BCUT2D eigenvalue weighted by Gasteiger charge is 2.22. The monoisotopic (exact) mass is 493 g/mol. The molecule has 0 fully saturated rings. The smallest absolute Gasteiger partial charge is 0.266 e. The highest BCUT2D eigenvalue weighted by molar-refractivity contribution is 7.20. The van der Waals surface area contributed by atoms with Gasteiger partial charge in [-0.05, 0) is 36.8 Å². The zero-order valence-corrected chi connectivity index (χ0v) is 20.4. The van der Waals surface area contributed by atoms with Crippen LogP contribution in [-0.4, -0.2) is 42.6 Å². The summed E-state index contributed by atoms with van der Waals surface area (Å²) >= 11 is 1.12. The number of ether oxygens (including phenoxy) is 3. The number of aromatic nitrogens is 2. The van der Waals surface area contributed by atoms with Crippen LogP contribution in [0.1, 0.15) is 25.6 Å². The molecule has 0 atom stereocenters. The lowest BCUT2D eigenvalue weighted by atomic mass is 10.1. The van der Waals surface area contributed by atoms with Gasteiger partial charge in [-0.25, -0.2) is 4.98 Å². The average Bonchev–Trinajstić information content (AvgIpc) is 3.22. The maximum absolute atomic E-state index is 13.2. The number of methoxy groups -OCH3 is 3. The standard InChI is InChI=1S/C25H23N3O6S/c1-14-21-24(35-22(14)23(30)27-17-7-5-6-8-19(17)33-3)26-13-28(25(21)31)12-18(29)16-10-9-15(32-2)11-20(16)34-4/h5-11,13H,12H2,1-4H3,(H,27,30). The van der Waals surface area contributed by atoms with Gasteiger partial charge >= 0.3 is 0 Å². The Balaban J connectivity index is 1.65. The molecule has 2 heterocycles. The van der Waals surface area contributed by atoms with Gasteiger partial charge in [0.05, 0.1) is 55.7 Å². The van der Waals surface area contributed by atoms with Crippen LogP contribution in [0.4, 0.5) is 5.69 Å². The number of nitrogens with zero attached hydrogens (tertiary/aromatic N) is 2. The Morgan fingerprint density at radius 3 is 2.49 bits per heavy atom. The van der Waals surface area contributed by atoms with Crippen LogP contribution in [0, 0.1) is 6.92 Å². The fourth-order valence-electron chi connectivity index (χ4n) is 3.68. The number of benzene rings is 2. The summed E-state index contributed by atoms with van der Waals surface area (Å²) in [6.45, 7) is 1.46. The number of thiophene rings is 1. The fraction of sp³-hybridized carbons (Fsp3) is 0.200. The number of ketones is 1. The normalized spacial score (nSPS) is 10.7. The summed E-state index contributed by atoms with van der Waals surface area (Å²) < 4.78 is 17.0. The molecule has 4 aromatic rings. The van der Waals surface area contributed by atoms with Gasteiger partial charge in [0.15, 0.2) is 5.78 Å². The van der Waals surface area contributed by atoms with E-state index in [1.165, 1.54) is 32.2 Å². The van der Waals surface area contributed by atoms with Crippen LogP contribution in [0.3, 0.4) is 0 Å². The Labute approximate surface area is 204 Å². The molecule has 0 aliphatic carbocycles. The second-order valence-electron chi connectivity index (χ2n) is 7.56. The van der Waals surface area contributed by atoms with Crippen molar-refractivity contribution in [1.82, 2.24) is 9.55 Å². The van der Waals surface area contributed by atoms with Gasteiger partial charge in [0.2, 0.25) is 0 Å². The Morgan fingerprint density at radius 1 is 1.03 bits per heavy atom. The third-order valence-electron chi connectivity index (χ3n) is 5.50. The molecule has 0 aliphatic rings. The Hall–Kier alpha value is -4.18. The predicted molar refractivity (Wildman–Crippen MR) is 133 cm³/mol. The molecule has 1 amide bonds. The quantitative estimate of drug-likeness (QED) is 0.371. The Kier molecular flexibility index (Phi) is 6.83. The van der Waals surface area contributed by atoms with E-state index in [9.17, 15) is 14.4 Å². The van der Waals surface area contributed by atoms with Gasteiger partial charge in [-0.1, -0.05) is 12.1 Å². The van der Waals surface area contributed by atoms with Gasteiger partial charge in [0.25, 0.3) is 11.5 Å². The van der Waals surface area contributed by atoms with Crippen molar-refractivity contribution in [3.8, 4) is 17.2 Å². The van der Waals surface area contributed by atoms with Crippen LogP contribution < -0.4 is 25.1 Å². The number of nitrogens with one attached hydrogen (secondary N) is 1. The van der Waals surface area contributed by atoms with Crippen molar-refractivity contribution in [2.75, 3.05) is 26.6 Å². The molecule has 0 radical (unpaired) electrons. The van der Waals surface area contributed by atoms with Gasteiger partial charge in [0.1, 0.15) is 22.1 Å². The molecular formula is C25H23N3O6S. The molecule has 2 aromatic carbocycles. The zero-order valence-electron chi connectivity index (χ0n) is 19.6. The molecule has 9 nitrogen and oxygen atoms in total. The van der Waals surface area contributed by atoms with E-state index in [0.717, 1.165) is 11.3 Å². The minimum atomic E-state index is -0.402. The molecule has 4 rings (SSSR count). The van der Waals surface area contributed by atoms with Crippen molar-refractivity contribution >= 4 is 38.9 Å². The van der Waals surface area contributed by atoms with E-state index in [4.69, 9.17) is 14.2 Å². The minimum absolute atomic E-state index is 0.234. The molecular weight excluding hydrogens is 470 g/mol. The van der Waals surface area contributed by atoms with Crippen molar-refractivity contribution in [3.05, 3.63) is 75.1 Å². The summed E-state index contributed by atoms with van der Waals surface area (Å²) in [5.74, 6) is 0.715. The van der Waals surface area contributed by atoms with Crippen LogP contribution in [-0.2, 0) is 6.54 Å². The Bertz CT molecular complexity index is 1490. The lowest BCUT2D eigenvalue weighted by Gasteiger charge is -2.10. The van der Waals surface area contributed by atoms with Crippen LogP contribution in [0.25, 0.3) is 10.2 Å². The Morgan fingerprint density at radius 2 is 1.77 bits per heavy atom. The van der Waals surface area contributed by atoms with Crippen molar-refractivity contribution in [2.24, 2.45) is 0 Å². The lowest BCUT2D eigenvalue weighted by Crippen LogP contribution is -2.25. The first-order valence-corrected chi connectivity index (χ1v) is 11.4. The van der Waals surface area contributed by atoms with Crippen molar-refractivity contribution < 1.29 is 23.8 Å². The number of Topliss-reactive ketones (excluding diaryl/α,β-unsaturated/α-hetero) is 1. The number of carbonyl (C=O) groups is 2. The van der Waals surface area contributed by atoms with Gasteiger partial charge < -0.3 is 19.5 Å². The number of hydrogen-bond donors (Lipinski definition) is 1. The number of anilines is 1. The highest BCUT2D eigenvalue weighted by atomic mass is 32.1. The third-order valence-corrected chi connectivity index (χ3v) is 6.70. The first-order valence-electron chi connectivity index (χ1n) is 10.6. The maximum atomic E-state index is 13.2. The molecule has 0 saturated heterocycles. The number of amides is 1. The number of fused-ring (bicyclic) bond motifs is 1. The van der Waals surface area contributed by atoms with Gasteiger partial charge in [-0.2, -0.15) is 0 Å². The molecule has 0 spiro atoms. The molecule has 35 heavy (non-hydrogen) atoms. The van der Waals surface area contributed by atoms with Crippen molar-refractivity contribution in [3.63, 3.8) is 0 Å². The summed E-state index contributed by atoms with van der Waals surface area (Å²) in [4.78, 5) is 44.3. The summed E-state index contributed by atoms with van der Waals surface area (Å²) in [6.07, 6.45) is 1.32. The largest absolute Gasteiger partial charge is 0.497 e. The molecule has 2 aromatic heterocycles. The van der Waals surface area contributed by atoms with E-state index in [2.05, 4.69) is 10.3 Å². The minimum Gasteiger partial charge on any atom is -0.497 e. The zero-order chi connectivity index (χ0) is 25.1. The predicted octanol–water partition coefficient (Wildman–Crippen LogP) is 3.93. The summed E-state index contributed by atoms with van der Waals surface area (Å²) in [6, 6.07) is 11.9. The number of rotatable bonds is 8. The molecule has 0 aliphatic heterocycles. The van der Waals surface area contributed by atoms with E-state index in [1.54, 1.807) is 49.4 Å². The van der Waals surface area contributed by atoms with Gasteiger partial charge in [-0.3, -0.25) is 19.0 Å². The fourth-order valence-corrected chi connectivity index (χ4v) is 4.72. The first-order chi connectivity index (χ1) is 16.9. The lowest BCUT2D eigenvalue weighted by molar-refractivity contribution is 0.0966. The van der Waals surface area contributed by atoms with E-state index < -0.39 is 5.56 Å². The van der Waals surface area contributed by atoms with E-state index in [0.29, 0.717) is 49.2 Å². The van der Waals surface area contributed by atoms with Crippen molar-refractivity contribution in [2.45, 2.75) is 13.5 Å². The first kappa shape index (κ1) is 24.0. The SMILES string of the molecule is COc1ccc(C(=O)Cn2cnc3sc(C(=O)Nc4ccccc4OC)c(C)c3c2=O)c(OC)c1. The van der Waals surface area contributed by atoms with E-state index in [-0.39, 0.29) is 18.2 Å². The van der Waals surface area contributed by atoms with Gasteiger partial charge in [0, 0.05) is 6.07 Å². The van der Waals surface area contributed by atoms with Crippen LogP contribution in [0.5, 0.6) is 17.2 Å². The molecule has 180 valence electrons. The molecule has 10 heteroatoms. The molecule has 1 N–H and O–H groups in total. The van der Waals surface area contributed by atoms with Gasteiger partial charge in [-0.15, -0.1) is 11.3 Å². The number of para-hydroxylation sites is 2. The van der Waals surface area contributed by atoms with Crippen molar-refractivity contribution in [1.29, 1.82) is 0 Å². The second kappa shape index (κ2) is 9.98. The summed E-state index contributed by atoms with van der Waals surface area (Å²) in [5.41, 5.74) is 0.931. The van der Waals surface area contributed by atoms with E-state index in [1.807, 2.05) is 0 Å². The molecule has 0 bridgehead atoms. The number of aryl methyl sites for hydroxylation is 1. The molecule has 0 unspecified atom stereocenters. The average molecular weight is 494 g/mol. The van der Waals surface area contributed by atoms with Crippen LogP contribution in [0.15, 0.2) is 53.6 Å². The number of carbonyl (C=O) groups excluding carboxylic acids is 2. The maximum Gasteiger partial charge on any atom is 0.266 e. The molecule has 0 saturated carbocycles. The third kappa shape index (κ3) is 4.60. The highest BCUT2D eigenvalue weighted by Crippen LogP contribution is 2.30. The topological polar surface area (TPSA) is 109 Å². The second-order valence-corrected chi connectivity index (χ2v) is 8.56. The number of hydrogen-bond acceptors (Lipinski definition) is 8. The van der Waals surface area contributed by atoms with Crippen LogP contribution in [0.2, 0.25) is 0 Å².